The number of halogens is 3. The third-order valence-corrected chi connectivity index (χ3v) is 3.85. The fourth-order valence-electron chi connectivity index (χ4n) is 2.71. The fraction of sp³-hybridized carbons (Fsp3) is 0.615. The molecular formula is C13H16F3N3O3. The molecule has 2 unspecified atom stereocenters. The van der Waals surface area contributed by atoms with Crippen molar-refractivity contribution in [1.29, 1.82) is 0 Å². The first-order valence-electron chi connectivity index (χ1n) is 6.84. The van der Waals surface area contributed by atoms with Crippen LogP contribution in [0.25, 0.3) is 0 Å². The molecule has 0 radical (unpaired) electrons. The molecule has 0 aromatic carbocycles. The van der Waals surface area contributed by atoms with Crippen LogP contribution in [-0.4, -0.2) is 33.3 Å². The van der Waals surface area contributed by atoms with Gasteiger partial charge in [-0.25, -0.2) is 4.98 Å². The summed E-state index contributed by atoms with van der Waals surface area (Å²) in [6.45, 7) is -0.211. The quantitative estimate of drug-likeness (QED) is 0.658. The van der Waals surface area contributed by atoms with E-state index in [4.69, 9.17) is 0 Å². The lowest BCUT2D eigenvalue weighted by Gasteiger charge is -2.37. The molecule has 1 saturated carbocycles. The topological polar surface area (TPSA) is 88.3 Å². The molecule has 1 fully saturated rings. The third-order valence-electron chi connectivity index (χ3n) is 3.85. The Morgan fingerprint density at radius 1 is 1.55 bits per heavy atom. The van der Waals surface area contributed by atoms with Crippen molar-refractivity contribution in [3.63, 3.8) is 0 Å². The van der Waals surface area contributed by atoms with Gasteiger partial charge in [0.05, 0.1) is 16.4 Å². The number of rotatable bonds is 4. The maximum absolute atomic E-state index is 12.8. The first-order valence-corrected chi connectivity index (χ1v) is 6.84. The molecule has 1 aromatic heterocycles. The lowest BCUT2D eigenvalue weighted by atomic mass is 9.77. The van der Waals surface area contributed by atoms with Crippen molar-refractivity contribution in [1.82, 2.24) is 4.98 Å². The van der Waals surface area contributed by atoms with Crippen molar-refractivity contribution in [2.45, 2.75) is 37.5 Å². The van der Waals surface area contributed by atoms with E-state index in [1.807, 2.05) is 0 Å². The Labute approximate surface area is 124 Å². The molecule has 2 N–H and O–H groups in total. The van der Waals surface area contributed by atoms with Crippen LogP contribution in [0, 0.1) is 16.0 Å². The molecule has 9 heteroatoms. The highest BCUT2D eigenvalue weighted by atomic mass is 19.4. The molecule has 0 saturated heterocycles. The summed E-state index contributed by atoms with van der Waals surface area (Å²) >= 11 is 0. The average Bonchev–Trinajstić information content (AvgIpc) is 2.44. The van der Waals surface area contributed by atoms with E-state index in [0.717, 1.165) is 0 Å². The van der Waals surface area contributed by atoms with Crippen molar-refractivity contribution in [2.75, 3.05) is 11.9 Å². The SMILES string of the molecule is O=[N+]([O-])c1cccnc1NCC1(O)CCCC(C(F)(F)F)C1. The lowest BCUT2D eigenvalue weighted by molar-refractivity contribution is -0.384. The maximum atomic E-state index is 12.8. The number of anilines is 1. The van der Waals surface area contributed by atoms with Gasteiger partial charge in [0.1, 0.15) is 0 Å². The molecule has 1 aliphatic rings. The van der Waals surface area contributed by atoms with Gasteiger partial charge in [0.2, 0.25) is 5.82 Å². The second kappa shape index (κ2) is 6.07. The number of aromatic nitrogens is 1. The van der Waals surface area contributed by atoms with Gasteiger partial charge in [-0.15, -0.1) is 0 Å². The van der Waals surface area contributed by atoms with E-state index in [2.05, 4.69) is 10.3 Å². The van der Waals surface area contributed by atoms with Crippen LogP contribution in [0.3, 0.4) is 0 Å². The number of pyridine rings is 1. The molecule has 2 atom stereocenters. The summed E-state index contributed by atoms with van der Waals surface area (Å²) in [4.78, 5) is 14.0. The van der Waals surface area contributed by atoms with E-state index in [9.17, 15) is 28.4 Å². The predicted octanol–water partition coefficient (Wildman–Crippen LogP) is 2.89. The minimum atomic E-state index is -4.34. The molecule has 22 heavy (non-hydrogen) atoms. The van der Waals surface area contributed by atoms with E-state index in [0.29, 0.717) is 0 Å². The summed E-state index contributed by atoms with van der Waals surface area (Å²) in [5, 5.41) is 23.8. The number of nitrogens with zero attached hydrogens (tertiary/aromatic N) is 2. The van der Waals surface area contributed by atoms with E-state index in [1.165, 1.54) is 18.3 Å². The molecule has 6 nitrogen and oxygen atoms in total. The zero-order valence-corrected chi connectivity index (χ0v) is 11.6. The zero-order chi connectivity index (χ0) is 16.4. The normalized spacial score (nSPS) is 25.7. The smallest absolute Gasteiger partial charge is 0.388 e. The second-order valence-corrected chi connectivity index (χ2v) is 5.54. The molecule has 1 aliphatic carbocycles. The summed E-state index contributed by atoms with van der Waals surface area (Å²) in [6, 6.07) is 2.62. The van der Waals surface area contributed by atoms with E-state index in [1.54, 1.807) is 0 Å². The molecule has 0 amide bonds. The molecule has 0 aliphatic heterocycles. The Morgan fingerprint density at radius 3 is 2.91 bits per heavy atom. The van der Waals surface area contributed by atoms with Gasteiger partial charge in [0.15, 0.2) is 0 Å². The molecule has 1 aromatic rings. The Bertz CT molecular complexity index is 553. The molecule has 1 heterocycles. The van der Waals surface area contributed by atoms with Crippen LogP contribution < -0.4 is 5.32 Å². The Hall–Kier alpha value is -1.90. The monoisotopic (exact) mass is 319 g/mol. The van der Waals surface area contributed by atoms with E-state index in [-0.39, 0.29) is 37.3 Å². The minimum Gasteiger partial charge on any atom is -0.388 e. The maximum Gasteiger partial charge on any atom is 0.391 e. The van der Waals surface area contributed by atoms with Gasteiger partial charge < -0.3 is 10.4 Å². The van der Waals surface area contributed by atoms with Gasteiger partial charge in [0, 0.05) is 18.8 Å². The van der Waals surface area contributed by atoms with Crippen LogP contribution in [-0.2, 0) is 0 Å². The van der Waals surface area contributed by atoms with Gasteiger partial charge in [0.25, 0.3) is 0 Å². The number of aliphatic hydroxyl groups is 1. The summed E-state index contributed by atoms with van der Waals surface area (Å²) in [7, 11) is 0. The molecule has 0 spiro atoms. The summed E-state index contributed by atoms with van der Waals surface area (Å²) in [5.41, 5.74) is -1.83. The predicted molar refractivity (Wildman–Crippen MR) is 72.3 cm³/mol. The van der Waals surface area contributed by atoms with Crippen molar-refractivity contribution < 1.29 is 23.2 Å². The van der Waals surface area contributed by atoms with E-state index < -0.39 is 29.0 Å². The van der Waals surface area contributed by atoms with Crippen LogP contribution in [0.5, 0.6) is 0 Å². The highest BCUT2D eigenvalue weighted by Gasteiger charge is 2.47. The van der Waals surface area contributed by atoms with Crippen LogP contribution in [0.4, 0.5) is 24.7 Å². The van der Waals surface area contributed by atoms with E-state index >= 15 is 0 Å². The van der Waals surface area contributed by atoms with Crippen LogP contribution in [0.2, 0.25) is 0 Å². The summed E-state index contributed by atoms with van der Waals surface area (Å²) < 4.78 is 38.4. The third kappa shape index (κ3) is 3.85. The Kier molecular flexibility index (Phi) is 4.55. The lowest BCUT2D eigenvalue weighted by Crippen LogP contribution is -2.45. The molecule has 122 valence electrons. The fourth-order valence-corrected chi connectivity index (χ4v) is 2.71. The summed E-state index contributed by atoms with van der Waals surface area (Å²) in [5.74, 6) is -1.61. The largest absolute Gasteiger partial charge is 0.391 e. The van der Waals surface area contributed by atoms with Crippen LogP contribution >= 0.6 is 0 Å². The Morgan fingerprint density at radius 2 is 2.27 bits per heavy atom. The van der Waals surface area contributed by atoms with Crippen LogP contribution in [0.15, 0.2) is 18.3 Å². The standard InChI is InChI=1S/C13H16F3N3O3/c14-13(15,16)9-3-1-5-12(20,7-9)8-18-11-10(19(21)22)4-2-6-17-11/h2,4,6,9,20H,1,3,5,7-8H2,(H,17,18). The molecular weight excluding hydrogens is 303 g/mol. The second-order valence-electron chi connectivity index (χ2n) is 5.54. The zero-order valence-electron chi connectivity index (χ0n) is 11.6. The van der Waals surface area contributed by atoms with Crippen molar-refractivity contribution in [3.8, 4) is 0 Å². The van der Waals surface area contributed by atoms with Crippen LogP contribution in [0.1, 0.15) is 25.7 Å². The number of nitrogens with one attached hydrogen (secondary N) is 1. The average molecular weight is 319 g/mol. The number of alkyl halides is 3. The minimum absolute atomic E-state index is 0.00442. The van der Waals surface area contributed by atoms with Gasteiger partial charge in [-0.1, -0.05) is 0 Å². The van der Waals surface area contributed by atoms with Crippen molar-refractivity contribution in [3.05, 3.63) is 28.4 Å². The Balaban J connectivity index is 2.06. The highest BCUT2D eigenvalue weighted by molar-refractivity contribution is 5.55. The first kappa shape index (κ1) is 16.5. The summed E-state index contributed by atoms with van der Waals surface area (Å²) in [6.07, 6.45) is -2.95. The first-order chi connectivity index (χ1) is 10.2. The number of nitro groups is 1. The highest BCUT2D eigenvalue weighted by Crippen LogP contribution is 2.41. The molecule has 0 bridgehead atoms. The van der Waals surface area contributed by atoms with Gasteiger partial charge in [-0.05, 0) is 31.7 Å². The van der Waals surface area contributed by atoms with Crippen molar-refractivity contribution >= 4 is 11.5 Å². The number of hydrogen-bond donors (Lipinski definition) is 2. The van der Waals surface area contributed by atoms with Gasteiger partial charge in [-0.3, -0.25) is 10.1 Å². The van der Waals surface area contributed by atoms with Gasteiger partial charge in [-0.2, -0.15) is 13.2 Å². The number of hydrogen-bond acceptors (Lipinski definition) is 5. The van der Waals surface area contributed by atoms with Crippen molar-refractivity contribution in [2.24, 2.45) is 5.92 Å². The molecule has 2 rings (SSSR count). The van der Waals surface area contributed by atoms with Gasteiger partial charge >= 0.3 is 11.9 Å².